The first kappa shape index (κ1) is 9.30. The Labute approximate surface area is 82.4 Å². The van der Waals surface area contributed by atoms with Crippen molar-refractivity contribution in [3.8, 4) is 0 Å². The molecule has 0 aromatic heterocycles. The highest BCUT2D eigenvalue weighted by Gasteiger charge is 2.33. The summed E-state index contributed by atoms with van der Waals surface area (Å²) in [5.41, 5.74) is 0. The second-order valence-electron chi connectivity index (χ2n) is 5.26. The lowest BCUT2D eigenvalue weighted by molar-refractivity contribution is 0.261. The molecular formula is C13H22. The summed E-state index contributed by atoms with van der Waals surface area (Å²) >= 11 is 0. The zero-order valence-corrected chi connectivity index (χ0v) is 9.00. The van der Waals surface area contributed by atoms with Crippen molar-refractivity contribution in [2.24, 2.45) is 23.7 Å². The van der Waals surface area contributed by atoms with Gasteiger partial charge in [0.2, 0.25) is 0 Å². The van der Waals surface area contributed by atoms with Gasteiger partial charge in [-0.2, -0.15) is 0 Å². The van der Waals surface area contributed by atoms with E-state index in [2.05, 4.69) is 26.0 Å². The van der Waals surface area contributed by atoms with Crippen LogP contribution in [0.5, 0.6) is 0 Å². The van der Waals surface area contributed by atoms with Crippen LogP contribution < -0.4 is 0 Å². The Hall–Kier alpha value is -0.260. The Morgan fingerprint density at radius 1 is 1.00 bits per heavy atom. The van der Waals surface area contributed by atoms with Crippen molar-refractivity contribution in [3.05, 3.63) is 12.2 Å². The molecule has 4 unspecified atom stereocenters. The Balaban J connectivity index is 2.07. The van der Waals surface area contributed by atoms with E-state index in [0.29, 0.717) is 0 Å². The standard InChI is InChI=1S/C13H22/c1-10-5-3-4-6-12-8-7-11(2)13(12)9-10/h3-4,10-13H,5-9H2,1-2H3/b4-3-. The third kappa shape index (κ3) is 1.98. The van der Waals surface area contributed by atoms with Crippen LogP contribution in [-0.4, -0.2) is 0 Å². The Morgan fingerprint density at radius 2 is 1.77 bits per heavy atom. The van der Waals surface area contributed by atoms with Crippen LogP contribution in [0.15, 0.2) is 12.2 Å². The van der Waals surface area contributed by atoms with Crippen LogP contribution in [0.25, 0.3) is 0 Å². The average molecular weight is 178 g/mol. The molecule has 2 aliphatic carbocycles. The van der Waals surface area contributed by atoms with Crippen LogP contribution in [-0.2, 0) is 0 Å². The van der Waals surface area contributed by atoms with Crippen molar-refractivity contribution >= 4 is 0 Å². The van der Waals surface area contributed by atoms with Crippen molar-refractivity contribution in [2.75, 3.05) is 0 Å². The topological polar surface area (TPSA) is 0 Å². The number of fused-ring (bicyclic) bond motifs is 1. The largest absolute Gasteiger partial charge is 0.0883 e. The molecule has 4 atom stereocenters. The molecule has 0 bridgehead atoms. The quantitative estimate of drug-likeness (QED) is 0.491. The van der Waals surface area contributed by atoms with E-state index in [1.165, 1.54) is 32.1 Å². The molecular weight excluding hydrogens is 156 g/mol. The highest BCUT2D eigenvalue weighted by Crippen LogP contribution is 2.43. The predicted octanol–water partition coefficient (Wildman–Crippen LogP) is 4.02. The Bertz CT molecular complexity index is 192. The summed E-state index contributed by atoms with van der Waals surface area (Å²) in [7, 11) is 0. The smallest absolute Gasteiger partial charge is 0.0319 e. The number of hydrogen-bond donors (Lipinski definition) is 0. The summed E-state index contributed by atoms with van der Waals surface area (Å²) in [5, 5.41) is 0. The minimum absolute atomic E-state index is 0.921. The van der Waals surface area contributed by atoms with E-state index in [0.717, 1.165) is 23.7 Å². The lowest BCUT2D eigenvalue weighted by Crippen LogP contribution is -2.17. The Morgan fingerprint density at radius 3 is 2.62 bits per heavy atom. The number of allylic oxidation sites excluding steroid dienone is 2. The van der Waals surface area contributed by atoms with Crippen molar-refractivity contribution in [1.29, 1.82) is 0 Å². The van der Waals surface area contributed by atoms with Crippen LogP contribution >= 0.6 is 0 Å². The molecule has 0 aromatic carbocycles. The predicted molar refractivity (Wildman–Crippen MR) is 57.5 cm³/mol. The fraction of sp³-hybridized carbons (Fsp3) is 0.846. The lowest BCUT2D eigenvalue weighted by Gasteiger charge is -2.26. The maximum atomic E-state index is 2.46. The summed E-state index contributed by atoms with van der Waals surface area (Å²) in [5.74, 6) is 3.98. The van der Waals surface area contributed by atoms with E-state index >= 15 is 0 Å². The van der Waals surface area contributed by atoms with Crippen LogP contribution in [0, 0.1) is 23.7 Å². The second kappa shape index (κ2) is 3.86. The number of hydrogen-bond acceptors (Lipinski definition) is 0. The molecule has 0 nitrogen and oxygen atoms in total. The van der Waals surface area contributed by atoms with Gasteiger partial charge in [0.15, 0.2) is 0 Å². The first-order valence-corrected chi connectivity index (χ1v) is 5.92. The first-order valence-electron chi connectivity index (χ1n) is 5.92. The molecule has 0 aromatic rings. The van der Waals surface area contributed by atoms with Crippen molar-refractivity contribution in [1.82, 2.24) is 0 Å². The van der Waals surface area contributed by atoms with Gasteiger partial charge in [-0.05, 0) is 49.4 Å². The molecule has 2 aliphatic rings. The summed E-state index contributed by atoms with van der Waals surface area (Å²) < 4.78 is 0. The monoisotopic (exact) mass is 178 g/mol. The van der Waals surface area contributed by atoms with Gasteiger partial charge >= 0.3 is 0 Å². The van der Waals surface area contributed by atoms with Crippen LogP contribution in [0.4, 0.5) is 0 Å². The third-order valence-corrected chi connectivity index (χ3v) is 4.15. The van der Waals surface area contributed by atoms with Gasteiger partial charge in [0.05, 0.1) is 0 Å². The van der Waals surface area contributed by atoms with Gasteiger partial charge in [0.1, 0.15) is 0 Å². The fourth-order valence-electron chi connectivity index (χ4n) is 3.25. The van der Waals surface area contributed by atoms with Gasteiger partial charge in [-0.3, -0.25) is 0 Å². The maximum absolute atomic E-state index is 2.46. The van der Waals surface area contributed by atoms with E-state index in [-0.39, 0.29) is 0 Å². The lowest BCUT2D eigenvalue weighted by atomic mass is 9.79. The first-order chi connectivity index (χ1) is 6.27. The van der Waals surface area contributed by atoms with Crippen LogP contribution in [0.3, 0.4) is 0 Å². The Kier molecular flexibility index (Phi) is 2.76. The van der Waals surface area contributed by atoms with Crippen LogP contribution in [0.2, 0.25) is 0 Å². The second-order valence-corrected chi connectivity index (χ2v) is 5.26. The third-order valence-electron chi connectivity index (χ3n) is 4.15. The molecule has 0 radical (unpaired) electrons. The molecule has 1 saturated carbocycles. The SMILES string of the molecule is CC1C/C=C\CC2CCC(C)C2C1. The molecule has 0 saturated heterocycles. The summed E-state index contributed by atoms with van der Waals surface area (Å²) in [4.78, 5) is 0. The molecule has 2 rings (SSSR count). The molecule has 74 valence electrons. The molecule has 0 amide bonds. The average Bonchev–Trinajstić information content (AvgIpc) is 2.39. The van der Waals surface area contributed by atoms with Crippen LogP contribution in [0.1, 0.15) is 46.0 Å². The number of rotatable bonds is 0. The van der Waals surface area contributed by atoms with Crippen molar-refractivity contribution in [2.45, 2.75) is 46.0 Å². The zero-order chi connectivity index (χ0) is 9.26. The van der Waals surface area contributed by atoms with Gasteiger partial charge in [-0.1, -0.05) is 32.4 Å². The molecule has 0 spiro atoms. The summed E-state index contributed by atoms with van der Waals surface area (Å²) in [6.45, 7) is 4.88. The van der Waals surface area contributed by atoms with Crippen molar-refractivity contribution in [3.63, 3.8) is 0 Å². The van der Waals surface area contributed by atoms with Gasteiger partial charge in [-0.15, -0.1) is 0 Å². The maximum Gasteiger partial charge on any atom is -0.0319 e. The summed E-state index contributed by atoms with van der Waals surface area (Å²) in [6.07, 6.45) is 12.0. The van der Waals surface area contributed by atoms with Gasteiger partial charge in [0.25, 0.3) is 0 Å². The highest BCUT2D eigenvalue weighted by molar-refractivity contribution is 4.94. The normalized spacial score (nSPS) is 47.8. The van der Waals surface area contributed by atoms with Crippen molar-refractivity contribution < 1.29 is 0 Å². The molecule has 0 heteroatoms. The zero-order valence-electron chi connectivity index (χ0n) is 9.00. The van der Waals surface area contributed by atoms with Gasteiger partial charge in [-0.25, -0.2) is 0 Å². The van der Waals surface area contributed by atoms with E-state index in [4.69, 9.17) is 0 Å². The van der Waals surface area contributed by atoms with Gasteiger partial charge in [0, 0.05) is 0 Å². The minimum Gasteiger partial charge on any atom is -0.0883 e. The van der Waals surface area contributed by atoms with E-state index in [1.54, 1.807) is 0 Å². The van der Waals surface area contributed by atoms with E-state index < -0.39 is 0 Å². The minimum atomic E-state index is 0.921. The highest BCUT2D eigenvalue weighted by atomic mass is 14.4. The molecule has 0 heterocycles. The molecule has 13 heavy (non-hydrogen) atoms. The molecule has 0 N–H and O–H groups in total. The molecule has 0 aliphatic heterocycles. The summed E-state index contributed by atoms with van der Waals surface area (Å²) in [6, 6.07) is 0. The van der Waals surface area contributed by atoms with Gasteiger partial charge < -0.3 is 0 Å². The van der Waals surface area contributed by atoms with E-state index in [1.807, 2.05) is 0 Å². The fourth-order valence-corrected chi connectivity index (χ4v) is 3.25. The molecule has 1 fully saturated rings. The van der Waals surface area contributed by atoms with E-state index in [9.17, 15) is 0 Å².